The number of carbonyl (C=O) groups excluding carboxylic acids is 3. The second-order valence-corrected chi connectivity index (χ2v) is 8.07. The Morgan fingerprint density at radius 1 is 0.909 bits per heavy atom. The molecular weight excluding hydrogens is 418 g/mol. The zero-order valence-corrected chi connectivity index (χ0v) is 18.7. The predicted molar refractivity (Wildman–Crippen MR) is 121 cm³/mol. The van der Waals surface area contributed by atoms with Crippen LogP contribution in [0.25, 0.3) is 0 Å². The lowest BCUT2D eigenvalue weighted by atomic mass is 10.0. The van der Waals surface area contributed by atoms with Gasteiger partial charge in [-0.1, -0.05) is 24.3 Å². The highest BCUT2D eigenvalue weighted by Crippen LogP contribution is 2.19. The molecule has 1 aliphatic heterocycles. The van der Waals surface area contributed by atoms with Crippen LogP contribution >= 0.6 is 0 Å². The van der Waals surface area contributed by atoms with Crippen LogP contribution in [-0.4, -0.2) is 72.2 Å². The maximum Gasteiger partial charge on any atom is 0.254 e. The van der Waals surface area contributed by atoms with Gasteiger partial charge in [-0.25, -0.2) is 0 Å². The number of nitriles is 2. The molecule has 0 radical (unpaired) electrons. The summed E-state index contributed by atoms with van der Waals surface area (Å²) in [5.41, 5.74) is 2.33. The van der Waals surface area contributed by atoms with Crippen molar-refractivity contribution in [2.24, 2.45) is 0 Å². The molecule has 0 aliphatic carbocycles. The topological polar surface area (TPSA) is 109 Å². The number of likely N-dealkylation sites (N-methyl/N-ethyl adjacent to an activating group) is 1. The Bertz CT molecular complexity index is 1150. The van der Waals surface area contributed by atoms with Gasteiger partial charge in [-0.05, 0) is 35.4 Å². The van der Waals surface area contributed by atoms with Crippen LogP contribution < -0.4 is 0 Å². The number of hydrogen-bond donors (Lipinski definition) is 0. The molecule has 3 rings (SSSR count). The summed E-state index contributed by atoms with van der Waals surface area (Å²) in [6.45, 7) is 0.555. The van der Waals surface area contributed by atoms with E-state index in [9.17, 15) is 14.4 Å². The molecule has 8 heteroatoms. The predicted octanol–water partition coefficient (Wildman–Crippen LogP) is 1.87. The lowest BCUT2D eigenvalue weighted by molar-refractivity contribution is -0.135. The number of piperazine rings is 1. The largest absolute Gasteiger partial charge is 0.347 e. The summed E-state index contributed by atoms with van der Waals surface area (Å²) in [6, 6.07) is 17.0. The van der Waals surface area contributed by atoms with E-state index in [1.54, 1.807) is 67.5 Å². The Labute approximate surface area is 193 Å². The molecule has 0 spiro atoms. The van der Waals surface area contributed by atoms with Crippen LogP contribution in [0.3, 0.4) is 0 Å². The third-order valence-electron chi connectivity index (χ3n) is 5.57. The van der Waals surface area contributed by atoms with Crippen molar-refractivity contribution in [2.45, 2.75) is 18.9 Å². The van der Waals surface area contributed by atoms with Crippen LogP contribution in [0, 0.1) is 22.7 Å². The van der Waals surface area contributed by atoms with Crippen LogP contribution in [0.1, 0.15) is 31.8 Å². The highest BCUT2D eigenvalue weighted by molar-refractivity contribution is 5.99. The lowest BCUT2D eigenvalue weighted by Crippen LogP contribution is -2.61. The van der Waals surface area contributed by atoms with Crippen LogP contribution in [0.5, 0.6) is 0 Å². The van der Waals surface area contributed by atoms with Crippen molar-refractivity contribution in [3.63, 3.8) is 0 Å². The van der Waals surface area contributed by atoms with E-state index < -0.39 is 6.04 Å². The molecular formula is C25H25N5O3. The summed E-state index contributed by atoms with van der Waals surface area (Å²) in [6.07, 6.45) is 0.393. The second kappa shape index (κ2) is 10.4. The van der Waals surface area contributed by atoms with Crippen molar-refractivity contribution in [2.75, 3.05) is 33.7 Å². The molecule has 8 nitrogen and oxygen atoms in total. The number of rotatable bonds is 5. The van der Waals surface area contributed by atoms with Gasteiger partial charge in [0.15, 0.2) is 0 Å². The van der Waals surface area contributed by atoms with Crippen LogP contribution in [-0.2, 0) is 17.6 Å². The zero-order chi connectivity index (χ0) is 24.0. The first kappa shape index (κ1) is 23.5. The number of benzene rings is 2. The summed E-state index contributed by atoms with van der Waals surface area (Å²) in [5, 5.41) is 17.9. The summed E-state index contributed by atoms with van der Waals surface area (Å²) < 4.78 is 0. The van der Waals surface area contributed by atoms with Gasteiger partial charge in [0.25, 0.3) is 11.8 Å². The fourth-order valence-electron chi connectivity index (χ4n) is 3.88. The van der Waals surface area contributed by atoms with E-state index in [1.165, 1.54) is 9.80 Å². The van der Waals surface area contributed by atoms with Crippen molar-refractivity contribution in [1.29, 1.82) is 10.5 Å². The van der Waals surface area contributed by atoms with Gasteiger partial charge >= 0.3 is 0 Å². The summed E-state index contributed by atoms with van der Waals surface area (Å²) >= 11 is 0. The quantitative estimate of drug-likeness (QED) is 0.701. The maximum absolute atomic E-state index is 13.3. The Balaban J connectivity index is 1.85. The van der Waals surface area contributed by atoms with Gasteiger partial charge in [-0.3, -0.25) is 14.4 Å². The Kier molecular flexibility index (Phi) is 7.42. The van der Waals surface area contributed by atoms with Gasteiger partial charge in [-0.15, -0.1) is 0 Å². The fourth-order valence-corrected chi connectivity index (χ4v) is 3.88. The molecule has 1 fully saturated rings. The summed E-state index contributed by atoms with van der Waals surface area (Å²) in [4.78, 5) is 43.9. The molecule has 1 saturated heterocycles. The fraction of sp³-hybridized carbons (Fsp3) is 0.320. The molecule has 1 heterocycles. The van der Waals surface area contributed by atoms with Crippen molar-refractivity contribution in [3.05, 3.63) is 70.8 Å². The minimum absolute atomic E-state index is 0.0714. The Morgan fingerprint density at radius 2 is 1.45 bits per heavy atom. The van der Waals surface area contributed by atoms with Gasteiger partial charge in [0.2, 0.25) is 5.91 Å². The van der Waals surface area contributed by atoms with E-state index in [-0.39, 0.29) is 50.2 Å². The SMILES string of the molecule is CN(C)C(=O)[C@@H]1CN(C(=O)c2cccc(CC#N)c2)CCN1C(=O)c1cccc(CC#N)c1. The molecule has 2 aromatic rings. The normalized spacial score (nSPS) is 15.3. The number of nitrogens with zero attached hydrogens (tertiary/aromatic N) is 5. The molecule has 168 valence electrons. The third-order valence-corrected chi connectivity index (χ3v) is 5.57. The molecule has 0 bridgehead atoms. The van der Waals surface area contributed by atoms with Crippen molar-refractivity contribution >= 4 is 17.7 Å². The number of hydrogen-bond acceptors (Lipinski definition) is 5. The molecule has 0 saturated carbocycles. The molecule has 33 heavy (non-hydrogen) atoms. The Morgan fingerprint density at radius 3 is 1.97 bits per heavy atom. The van der Waals surface area contributed by atoms with Gasteiger partial charge in [-0.2, -0.15) is 10.5 Å². The van der Waals surface area contributed by atoms with E-state index in [1.807, 2.05) is 0 Å². The Hall–Kier alpha value is -4.17. The third kappa shape index (κ3) is 5.36. The van der Waals surface area contributed by atoms with Gasteiger partial charge in [0, 0.05) is 38.3 Å². The van der Waals surface area contributed by atoms with Gasteiger partial charge in [0.1, 0.15) is 6.04 Å². The summed E-state index contributed by atoms with van der Waals surface area (Å²) in [5.74, 6) is -0.820. The van der Waals surface area contributed by atoms with E-state index in [2.05, 4.69) is 12.1 Å². The lowest BCUT2D eigenvalue weighted by Gasteiger charge is -2.41. The standard InChI is InChI=1S/C25H25N5O3/c1-28(2)25(33)22-17-29(23(31)20-7-3-5-18(15-20)9-11-26)13-14-30(22)24(32)21-8-4-6-19(16-21)10-12-27/h3-8,15-16,22H,9-10,13-14,17H2,1-2H3/t22-/m0/s1. The van der Waals surface area contributed by atoms with Crippen molar-refractivity contribution < 1.29 is 14.4 Å². The second-order valence-electron chi connectivity index (χ2n) is 8.07. The van der Waals surface area contributed by atoms with E-state index in [0.29, 0.717) is 11.1 Å². The number of carbonyl (C=O) groups is 3. The molecule has 1 aliphatic rings. The molecule has 0 N–H and O–H groups in total. The molecule has 0 unspecified atom stereocenters. The zero-order valence-electron chi connectivity index (χ0n) is 18.7. The van der Waals surface area contributed by atoms with E-state index >= 15 is 0 Å². The summed E-state index contributed by atoms with van der Waals surface area (Å²) in [7, 11) is 3.23. The van der Waals surface area contributed by atoms with E-state index in [4.69, 9.17) is 10.5 Å². The minimum atomic E-state index is -0.827. The average Bonchev–Trinajstić information content (AvgIpc) is 2.83. The minimum Gasteiger partial charge on any atom is -0.347 e. The van der Waals surface area contributed by atoms with Crippen LogP contribution in [0.15, 0.2) is 48.5 Å². The molecule has 1 atom stereocenters. The molecule has 0 aromatic heterocycles. The van der Waals surface area contributed by atoms with E-state index in [0.717, 1.165) is 11.1 Å². The molecule has 3 amide bonds. The smallest absolute Gasteiger partial charge is 0.254 e. The number of amides is 3. The van der Waals surface area contributed by atoms with Crippen LogP contribution in [0.4, 0.5) is 0 Å². The molecule has 2 aromatic carbocycles. The van der Waals surface area contributed by atoms with Crippen molar-refractivity contribution in [1.82, 2.24) is 14.7 Å². The van der Waals surface area contributed by atoms with Gasteiger partial charge < -0.3 is 14.7 Å². The first-order valence-electron chi connectivity index (χ1n) is 10.6. The van der Waals surface area contributed by atoms with Crippen molar-refractivity contribution in [3.8, 4) is 12.1 Å². The highest BCUT2D eigenvalue weighted by Gasteiger charge is 2.38. The first-order chi connectivity index (χ1) is 15.8. The average molecular weight is 444 g/mol. The van der Waals surface area contributed by atoms with Gasteiger partial charge in [0.05, 0.1) is 31.5 Å². The first-order valence-corrected chi connectivity index (χ1v) is 10.6. The monoisotopic (exact) mass is 443 g/mol. The highest BCUT2D eigenvalue weighted by atomic mass is 16.2. The van der Waals surface area contributed by atoms with Crippen LogP contribution in [0.2, 0.25) is 0 Å². The maximum atomic E-state index is 13.3.